The molecule has 2 aromatic rings. The predicted octanol–water partition coefficient (Wildman–Crippen LogP) is 3.63. The maximum absolute atomic E-state index is 12.6. The van der Waals surface area contributed by atoms with Crippen LogP contribution >= 0.6 is 23.4 Å². The van der Waals surface area contributed by atoms with Crippen molar-refractivity contribution in [2.24, 2.45) is 0 Å². The summed E-state index contributed by atoms with van der Waals surface area (Å²) in [6, 6.07) is 2.16. The van der Waals surface area contributed by atoms with Crippen LogP contribution in [0.4, 0.5) is 18.9 Å². The highest BCUT2D eigenvalue weighted by molar-refractivity contribution is 7.99. The van der Waals surface area contributed by atoms with E-state index in [0.717, 1.165) is 41.3 Å². The van der Waals surface area contributed by atoms with Crippen molar-refractivity contribution in [3.05, 3.63) is 45.5 Å². The second-order valence-corrected chi connectivity index (χ2v) is 7.51. The van der Waals surface area contributed by atoms with Gasteiger partial charge in [-0.1, -0.05) is 11.6 Å². The first kappa shape index (κ1) is 19.0. The standard InChI is InChI=1S/C16H16ClF3N4OS/c1-10-4-6-26-7-5-23(10)12-9-22-24(15(25)14(12)17)13-3-2-11(8-21-13)16(18,19)20/h2-3,8-10H,4-7H2,1H3/t10-/m1/s1. The van der Waals surface area contributed by atoms with Crippen LogP contribution in [0, 0.1) is 0 Å². The molecule has 0 unspecified atom stereocenters. The largest absolute Gasteiger partial charge is 0.417 e. The summed E-state index contributed by atoms with van der Waals surface area (Å²) in [4.78, 5) is 18.3. The summed E-state index contributed by atoms with van der Waals surface area (Å²) in [6.45, 7) is 2.81. The molecule has 1 aliphatic rings. The van der Waals surface area contributed by atoms with E-state index >= 15 is 0 Å². The van der Waals surface area contributed by atoms with Crippen molar-refractivity contribution < 1.29 is 13.2 Å². The fourth-order valence-corrected chi connectivity index (χ4v) is 3.99. The lowest BCUT2D eigenvalue weighted by Gasteiger charge is -2.29. The van der Waals surface area contributed by atoms with Crippen LogP contribution in [0.3, 0.4) is 0 Å². The highest BCUT2D eigenvalue weighted by atomic mass is 35.5. The lowest BCUT2D eigenvalue weighted by atomic mass is 10.2. The van der Waals surface area contributed by atoms with Crippen LogP contribution in [0.1, 0.15) is 18.9 Å². The number of hydrogen-bond donors (Lipinski definition) is 0. The molecule has 1 atom stereocenters. The lowest BCUT2D eigenvalue weighted by Crippen LogP contribution is -2.36. The molecule has 2 aromatic heterocycles. The fourth-order valence-electron chi connectivity index (χ4n) is 2.72. The van der Waals surface area contributed by atoms with Crippen molar-refractivity contribution in [3.8, 4) is 5.82 Å². The third-order valence-electron chi connectivity index (χ3n) is 4.19. The number of anilines is 1. The Morgan fingerprint density at radius 1 is 1.27 bits per heavy atom. The van der Waals surface area contributed by atoms with Gasteiger partial charge in [0.2, 0.25) is 0 Å². The van der Waals surface area contributed by atoms with Crippen molar-refractivity contribution in [2.75, 3.05) is 23.0 Å². The van der Waals surface area contributed by atoms with E-state index in [-0.39, 0.29) is 16.9 Å². The van der Waals surface area contributed by atoms with E-state index in [4.69, 9.17) is 11.6 Å². The van der Waals surface area contributed by atoms with E-state index in [1.54, 1.807) is 0 Å². The summed E-state index contributed by atoms with van der Waals surface area (Å²) < 4.78 is 38.8. The zero-order chi connectivity index (χ0) is 18.9. The minimum absolute atomic E-state index is 0.0135. The molecule has 1 fully saturated rings. The summed E-state index contributed by atoms with van der Waals surface area (Å²) in [7, 11) is 0. The van der Waals surface area contributed by atoms with Crippen molar-refractivity contribution in [3.63, 3.8) is 0 Å². The van der Waals surface area contributed by atoms with Gasteiger partial charge in [0.25, 0.3) is 5.56 Å². The van der Waals surface area contributed by atoms with E-state index in [1.165, 1.54) is 6.20 Å². The topological polar surface area (TPSA) is 51.0 Å². The minimum atomic E-state index is -4.49. The van der Waals surface area contributed by atoms with Crippen LogP contribution in [-0.2, 0) is 6.18 Å². The number of halogens is 4. The molecule has 3 rings (SSSR count). The summed E-state index contributed by atoms with van der Waals surface area (Å²) in [5.74, 6) is 1.94. The van der Waals surface area contributed by atoms with Gasteiger partial charge in [-0.2, -0.15) is 34.7 Å². The molecule has 0 amide bonds. The Labute approximate surface area is 157 Å². The van der Waals surface area contributed by atoms with Gasteiger partial charge in [0.05, 0.1) is 17.4 Å². The first-order valence-electron chi connectivity index (χ1n) is 7.95. The Morgan fingerprint density at radius 2 is 2.04 bits per heavy atom. The first-order chi connectivity index (χ1) is 12.3. The van der Waals surface area contributed by atoms with Crippen LogP contribution < -0.4 is 10.5 Å². The van der Waals surface area contributed by atoms with Crippen LogP contribution in [0.25, 0.3) is 5.82 Å². The Hall–Kier alpha value is -1.74. The van der Waals surface area contributed by atoms with Crippen LogP contribution in [-0.4, -0.2) is 38.9 Å². The number of nitrogens with zero attached hydrogens (tertiary/aromatic N) is 4. The van der Waals surface area contributed by atoms with Crippen molar-refractivity contribution in [2.45, 2.75) is 25.6 Å². The molecule has 0 aliphatic carbocycles. The highest BCUT2D eigenvalue weighted by Crippen LogP contribution is 2.29. The normalized spacial score (nSPS) is 18.7. The molecule has 0 spiro atoms. The number of aromatic nitrogens is 3. The van der Waals surface area contributed by atoms with Gasteiger partial charge >= 0.3 is 6.18 Å². The summed E-state index contributed by atoms with van der Waals surface area (Å²) in [5.41, 5.74) is -0.969. The number of hydrogen-bond acceptors (Lipinski definition) is 5. The molecule has 0 bridgehead atoms. The zero-order valence-corrected chi connectivity index (χ0v) is 15.4. The van der Waals surface area contributed by atoms with Crippen molar-refractivity contribution in [1.82, 2.24) is 14.8 Å². The Kier molecular flexibility index (Phi) is 5.47. The van der Waals surface area contributed by atoms with E-state index in [0.29, 0.717) is 11.9 Å². The molecule has 10 heteroatoms. The maximum atomic E-state index is 12.6. The number of pyridine rings is 1. The Morgan fingerprint density at radius 3 is 2.69 bits per heavy atom. The minimum Gasteiger partial charge on any atom is -0.365 e. The Balaban J connectivity index is 1.96. The SMILES string of the molecule is C[C@@H]1CCSCCN1c1cnn(-c2ccc(C(F)(F)F)cn2)c(=O)c1Cl. The maximum Gasteiger partial charge on any atom is 0.417 e. The average molecular weight is 405 g/mol. The number of rotatable bonds is 2. The van der Waals surface area contributed by atoms with Gasteiger partial charge in [0, 0.05) is 24.5 Å². The monoisotopic (exact) mass is 404 g/mol. The fraction of sp³-hybridized carbons (Fsp3) is 0.438. The molecule has 3 heterocycles. The van der Waals surface area contributed by atoms with Crippen LogP contribution in [0.15, 0.2) is 29.3 Å². The van der Waals surface area contributed by atoms with Gasteiger partial charge in [0.15, 0.2) is 5.82 Å². The van der Waals surface area contributed by atoms with Crippen molar-refractivity contribution in [1.29, 1.82) is 0 Å². The van der Waals surface area contributed by atoms with E-state index in [2.05, 4.69) is 17.0 Å². The van der Waals surface area contributed by atoms with Crippen molar-refractivity contribution >= 4 is 29.1 Å². The molecule has 26 heavy (non-hydrogen) atoms. The van der Waals surface area contributed by atoms with Gasteiger partial charge < -0.3 is 4.90 Å². The van der Waals surface area contributed by atoms with E-state index in [1.807, 2.05) is 16.7 Å². The van der Waals surface area contributed by atoms with Crippen LogP contribution in [0.5, 0.6) is 0 Å². The van der Waals surface area contributed by atoms with Crippen LogP contribution in [0.2, 0.25) is 5.02 Å². The van der Waals surface area contributed by atoms with E-state index < -0.39 is 17.3 Å². The molecule has 0 aromatic carbocycles. The van der Waals surface area contributed by atoms with Gasteiger partial charge in [-0.15, -0.1) is 0 Å². The third kappa shape index (κ3) is 3.83. The average Bonchev–Trinajstić information content (AvgIpc) is 2.81. The summed E-state index contributed by atoms with van der Waals surface area (Å²) in [6.07, 6.45) is -1.40. The first-order valence-corrected chi connectivity index (χ1v) is 9.48. The number of thioether (sulfide) groups is 1. The van der Waals surface area contributed by atoms with Gasteiger partial charge in [-0.25, -0.2) is 4.98 Å². The van der Waals surface area contributed by atoms with Gasteiger partial charge in [-0.05, 0) is 31.2 Å². The molecule has 0 N–H and O–H groups in total. The molecule has 0 saturated carbocycles. The second kappa shape index (κ2) is 7.48. The smallest absolute Gasteiger partial charge is 0.365 e. The molecular formula is C16H16ClF3N4OS. The zero-order valence-electron chi connectivity index (χ0n) is 13.8. The molecule has 1 aliphatic heterocycles. The third-order valence-corrected chi connectivity index (χ3v) is 5.54. The lowest BCUT2D eigenvalue weighted by molar-refractivity contribution is -0.137. The molecule has 1 saturated heterocycles. The second-order valence-electron chi connectivity index (χ2n) is 5.91. The Bertz CT molecular complexity index is 841. The van der Waals surface area contributed by atoms with Gasteiger partial charge in [-0.3, -0.25) is 4.79 Å². The predicted molar refractivity (Wildman–Crippen MR) is 96.4 cm³/mol. The quantitative estimate of drug-likeness (QED) is 0.765. The molecule has 0 radical (unpaired) electrons. The number of alkyl halides is 3. The summed E-state index contributed by atoms with van der Waals surface area (Å²) >= 11 is 8.12. The molecular weight excluding hydrogens is 389 g/mol. The van der Waals surface area contributed by atoms with E-state index in [9.17, 15) is 18.0 Å². The highest BCUT2D eigenvalue weighted by Gasteiger charge is 2.31. The molecule has 140 valence electrons. The summed E-state index contributed by atoms with van der Waals surface area (Å²) in [5, 5.41) is 4.06. The van der Waals surface area contributed by atoms with Gasteiger partial charge in [0.1, 0.15) is 5.02 Å². The molecule has 5 nitrogen and oxygen atoms in total.